The fourth-order valence-corrected chi connectivity index (χ4v) is 1.79. The van der Waals surface area contributed by atoms with E-state index in [4.69, 9.17) is 0 Å². The van der Waals surface area contributed by atoms with Crippen LogP contribution in [0.2, 0.25) is 0 Å². The third kappa shape index (κ3) is 3.17. The molecule has 1 aliphatic rings. The zero-order valence-electron chi connectivity index (χ0n) is 8.93. The lowest BCUT2D eigenvalue weighted by Gasteiger charge is -2.46. The van der Waals surface area contributed by atoms with Gasteiger partial charge in [-0.1, -0.05) is 0 Å². The average Bonchev–Trinajstić information content (AvgIpc) is 1.93. The molecule has 6 heteroatoms. The second kappa shape index (κ2) is 3.74. The second-order valence-electron chi connectivity index (χ2n) is 4.68. The topological polar surface area (TPSA) is 6.48 Å². The van der Waals surface area contributed by atoms with E-state index in [1.54, 1.807) is 0 Å². The molecule has 0 spiro atoms. The third-order valence-corrected chi connectivity index (χ3v) is 2.86. The van der Waals surface area contributed by atoms with Crippen LogP contribution in [0.3, 0.4) is 0 Å². The summed E-state index contributed by atoms with van der Waals surface area (Å²) in [6, 6.07) is 0. The van der Waals surface area contributed by atoms with Crippen molar-refractivity contribution in [3.05, 3.63) is 0 Å². The van der Waals surface area contributed by atoms with E-state index in [0.717, 1.165) is 0 Å². The third-order valence-electron chi connectivity index (χ3n) is 2.86. The van der Waals surface area contributed by atoms with E-state index in [9.17, 15) is 12.9 Å². The van der Waals surface area contributed by atoms with Crippen LogP contribution < -0.4 is 0 Å². The molecule has 1 fully saturated rings. The minimum atomic E-state index is -4.68. The largest absolute Gasteiger partial charge is 0.492 e. The summed E-state index contributed by atoms with van der Waals surface area (Å²) in [5.41, 5.74) is -0.153. The molecule has 14 heavy (non-hydrogen) atoms. The first-order chi connectivity index (χ1) is 6.21. The molecule has 0 aromatic carbocycles. The molecule has 0 bridgehead atoms. The molecule has 0 saturated carbocycles. The van der Waals surface area contributed by atoms with E-state index >= 15 is 0 Å². The predicted molar refractivity (Wildman–Crippen MR) is 52.2 cm³/mol. The van der Waals surface area contributed by atoms with Gasteiger partial charge in [0, 0.05) is 25.2 Å². The summed E-state index contributed by atoms with van der Waals surface area (Å²) in [5.74, 6) is 0. The van der Waals surface area contributed by atoms with Gasteiger partial charge in [-0.15, -0.1) is 0 Å². The Morgan fingerprint density at radius 3 is 2.21 bits per heavy atom. The Bertz CT molecular complexity index is 205. The molecule has 0 aromatic rings. The van der Waals surface area contributed by atoms with E-state index in [-0.39, 0.29) is 5.54 Å². The van der Waals surface area contributed by atoms with Gasteiger partial charge in [-0.25, -0.2) is 0 Å². The van der Waals surface area contributed by atoms with Crippen molar-refractivity contribution < 1.29 is 12.9 Å². The van der Waals surface area contributed by atoms with Gasteiger partial charge in [-0.05, 0) is 27.3 Å². The normalized spacial score (nSPS) is 25.3. The summed E-state index contributed by atoms with van der Waals surface area (Å²) < 4.78 is 36.6. The van der Waals surface area contributed by atoms with Gasteiger partial charge in [-0.3, -0.25) is 4.90 Å². The van der Waals surface area contributed by atoms with Crippen molar-refractivity contribution in [2.45, 2.75) is 19.4 Å². The van der Waals surface area contributed by atoms with Crippen LogP contribution in [-0.4, -0.2) is 55.4 Å². The summed E-state index contributed by atoms with van der Waals surface area (Å²) >= 11 is 0. The highest BCUT2D eigenvalue weighted by atomic mass is 19.4. The molecule has 1 saturated heterocycles. The zero-order chi connectivity index (χ0) is 11.0. The maximum Gasteiger partial charge on any atom is 0.492 e. The van der Waals surface area contributed by atoms with Crippen LogP contribution in [-0.2, 0) is 0 Å². The highest BCUT2D eigenvalue weighted by Crippen LogP contribution is 2.21. The van der Waals surface area contributed by atoms with Gasteiger partial charge in [-0.2, -0.15) is 0 Å². The summed E-state index contributed by atoms with van der Waals surface area (Å²) in [6.07, 6.45) is -0.725. The van der Waals surface area contributed by atoms with Crippen molar-refractivity contribution in [1.29, 1.82) is 0 Å². The molecule has 0 N–H and O–H groups in total. The molecule has 1 heterocycles. The number of nitrogens with zero attached hydrogens (tertiary/aromatic N) is 2. The molecule has 84 valence electrons. The number of rotatable bonds is 2. The SMILES string of the molecule is CN1CCN(C[B-](F)(F)F)CC1(C)C. The Kier molecular flexibility index (Phi) is 3.16. The van der Waals surface area contributed by atoms with Gasteiger partial charge < -0.3 is 17.8 Å². The number of hydrogen-bond acceptors (Lipinski definition) is 2. The van der Waals surface area contributed by atoms with Gasteiger partial charge in [0.1, 0.15) is 0 Å². The van der Waals surface area contributed by atoms with Gasteiger partial charge >= 0.3 is 6.98 Å². The summed E-state index contributed by atoms with van der Waals surface area (Å²) in [7, 11) is 1.95. The van der Waals surface area contributed by atoms with E-state index in [1.807, 2.05) is 20.9 Å². The number of halogens is 3. The summed E-state index contributed by atoms with van der Waals surface area (Å²) in [5, 5.41) is 0. The Hall–Kier alpha value is -0.225. The molecule has 1 aliphatic heterocycles. The van der Waals surface area contributed by atoms with Gasteiger partial charge in [0.05, 0.1) is 0 Å². The van der Waals surface area contributed by atoms with Crippen LogP contribution in [0.15, 0.2) is 0 Å². The smallest absolute Gasteiger partial charge is 0.448 e. The first-order valence-electron chi connectivity index (χ1n) is 4.85. The Balaban J connectivity index is 2.52. The van der Waals surface area contributed by atoms with Crippen LogP contribution >= 0.6 is 0 Å². The lowest BCUT2D eigenvalue weighted by Crippen LogP contribution is -2.59. The molecule has 2 nitrogen and oxygen atoms in total. The molecular weight excluding hydrogens is 192 g/mol. The molecule has 0 atom stereocenters. The summed E-state index contributed by atoms with van der Waals surface area (Å²) in [6.45, 7) is 0.981. The van der Waals surface area contributed by atoms with Crippen LogP contribution in [0.25, 0.3) is 0 Å². The maximum absolute atomic E-state index is 12.2. The number of likely N-dealkylation sites (N-methyl/N-ethyl adjacent to an activating group) is 1. The molecule has 0 aromatic heterocycles. The first kappa shape index (κ1) is 11.8. The summed E-state index contributed by atoms with van der Waals surface area (Å²) in [4.78, 5) is 3.60. The van der Waals surface area contributed by atoms with Crippen LogP contribution in [0, 0.1) is 0 Å². The van der Waals surface area contributed by atoms with Crippen LogP contribution in [0.4, 0.5) is 12.9 Å². The van der Waals surface area contributed by atoms with Crippen molar-refractivity contribution in [1.82, 2.24) is 9.80 Å². The second-order valence-corrected chi connectivity index (χ2v) is 4.68. The van der Waals surface area contributed by atoms with E-state index in [1.165, 1.54) is 4.90 Å². The van der Waals surface area contributed by atoms with E-state index in [0.29, 0.717) is 19.6 Å². The highest BCUT2D eigenvalue weighted by Gasteiger charge is 2.34. The Morgan fingerprint density at radius 2 is 1.79 bits per heavy atom. The highest BCUT2D eigenvalue weighted by molar-refractivity contribution is 6.58. The minimum absolute atomic E-state index is 0.153. The standard InChI is InChI=1S/C8H17BF3N2/c1-8(2)6-14(5-4-13(8)3)7-9(10,11)12/h4-7H2,1-3H3/q-1. The molecule has 0 amide bonds. The maximum atomic E-state index is 12.2. The van der Waals surface area contributed by atoms with Crippen molar-refractivity contribution in [3.63, 3.8) is 0 Å². The first-order valence-corrected chi connectivity index (χ1v) is 4.85. The fourth-order valence-electron chi connectivity index (χ4n) is 1.79. The minimum Gasteiger partial charge on any atom is -0.448 e. The Morgan fingerprint density at radius 1 is 1.21 bits per heavy atom. The van der Waals surface area contributed by atoms with E-state index in [2.05, 4.69) is 4.90 Å². The number of hydrogen-bond donors (Lipinski definition) is 0. The molecule has 0 radical (unpaired) electrons. The molecular formula is C8H17BF3N2-. The van der Waals surface area contributed by atoms with Crippen molar-refractivity contribution in [2.75, 3.05) is 33.1 Å². The van der Waals surface area contributed by atoms with Crippen molar-refractivity contribution >= 4 is 6.98 Å². The monoisotopic (exact) mass is 209 g/mol. The number of piperazine rings is 1. The van der Waals surface area contributed by atoms with Crippen molar-refractivity contribution in [3.8, 4) is 0 Å². The average molecular weight is 209 g/mol. The fraction of sp³-hybridized carbons (Fsp3) is 1.00. The van der Waals surface area contributed by atoms with Crippen molar-refractivity contribution in [2.24, 2.45) is 0 Å². The van der Waals surface area contributed by atoms with E-state index < -0.39 is 13.4 Å². The predicted octanol–water partition coefficient (Wildman–Crippen LogP) is 1.40. The van der Waals surface area contributed by atoms with Gasteiger partial charge in [0.15, 0.2) is 0 Å². The molecule has 1 rings (SSSR count). The van der Waals surface area contributed by atoms with Crippen LogP contribution in [0.1, 0.15) is 13.8 Å². The van der Waals surface area contributed by atoms with Gasteiger partial charge in [0.25, 0.3) is 0 Å². The Labute approximate surface area is 83.1 Å². The zero-order valence-corrected chi connectivity index (χ0v) is 8.93. The lowest BCUT2D eigenvalue weighted by atomic mass is 9.89. The van der Waals surface area contributed by atoms with Gasteiger partial charge in [0.2, 0.25) is 0 Å². The molecule has 0 unspecified atom stereocenters. The lowest BCUT2D eigenvalue weighted by molar-refractivity contribution is 0.0451. The van der Waals surface area contributed by atoms with Crippen LogP contribution in [0.5, 0.6) is 0 Å². The molecule has 0 aliphatic carbocycles. The quantitative estimate of drug-likeness (QED) is 0.634.